The van der Waals surface area contributed by atoms with Gasteiger partial charge in [-0.05, 0) is 31.0 Å². The van der Waals surface area contributed by atoms with Crippen LogP contribution in [0.3, 0.4) is 0 Å². The van der Waals surface area contributed by atoms with Crippen molar-refractivity contribution in [2.24, 2.45) is 0 Å². The van der Waals surface area contributed by atoms with Gasteiger partial charge in [-0.2, -0.15) is 0 Å². The highest BCUT2D eigenvalue weighted by Gasteiger charge is 2.37. The van der Waals surface area contributed by atoms with E-state index >= 15 is 0 Å². The highest BCUT2D eigenvalue weighted by atomic mass is 16.2. The van der Waals surface area contributed by atoms with E-state index < -0.39 is 0 Å². The van der Waals surface area contributed by atoms with Crippen LogP contribution in [0.4, 0.5) is 5.69 Å². The molecule has 1 aromatic rings. The molecule has 0 bridgehead atoms. The van der Waals surface area contributed by atoms with Gasteiger partial charge in [-0.1, -0.05) is 24.1 Å². The highest BCUT2D eigenvalue weighted by molar-refractivity contribution is 5.99. The van der Waals surface area contributed by atoms with Crippen molar-refractivity contribution in [3.05, 3.63) is 29.8 Å². The number of benzene rings is 1. The van der Waals surface area contributed by atoms with Crippen LogP contribution in [0.2, 0.25) is 0 Å². The molecular weight excluding hydrogens is 224 g/mol. The number of rotatable bonds is 1. The van der Waals surface area contributed by atoms with Crippen LogP contribution in [-0.4, -0.2) is 29.9 Å². The van der Waals surface area contributed by atoms with E-state index in [0.29, 0.717) is 6.54 Å². The summed E-state index contributed by atoms with van der Waals surface area (Å²) >= 11 is 0. The third-order valence-corrected chi connectivity index (χ3v) is 3.82. The van der Waals surface area contributed by atoms with Gasteiger partial charge in [0.2, 0.25) is 5.91 Å². The molecule has 18 heavy (non-hydrogen) atoms. The largest absolute Gasteiger partial charge is 0.299 e. The average Bonchev–Trinajstić information content (AvgIpc) is 2.80. The van der Waals surface area contributed by atoms with Gasteiger partial charge in [-0.15, -0.1) is 6.42 Å². The summed E-state index contributed by atoms with van der Waals surface area (Å²) in [7, 11) is 0. The fraction of sp³-hybridized carbons (Fsp3) is 0.400. The Bertz CT molecular complexity index is 517. The zero-order chi connectivity index (χ0) is 12.5. The number of carbonyl (C=O) groups is 1. The van der Waals surface area contributed by atoms with E-state index in [1.807, 2.05) is 18.2 Å². The zero-order valence-electron chi connectivity index (χ0n) is 10.3. The molecule has 1 amide bonds. The highest BCUT2D eigenvalue weighted by Crippen LogP contribution is 2.31. The number of hydrogen-bond donors (Lipinski definition) is 0. The van der Waals surface area contributed by atoms with Crippen LogP contribution in [0, 0.1) is 12.3 Å². The minimum atomic E-state index is 0.0192. The van der Waals surface area contributed by atoms with Crippen molar-refractivity contribution in [1.29, 1.82) is 0 Å². The number of fused-ring (bicyclic) bond motifs is 2. The molecule has 3 rings (SSSR count). The molecule has 92 valence electrons. The van der Waals surface area contributed by atoms with Gasteiger partial charge in [0.15, 0.2) is 0 Å². The Balaban J connectivity index is 2.07. The Labute approximate surface area is 107 Å². The second-order valence-corrected chi connectivity index (χ2v) is 4.89. The van der Waals surface area contributed by atoms with Gasteiger partial charge in [0.05, 0.1) is 12.6 Å². The summed E-state index contributed by atoms with van der Waals surface area (Å²) in [4.78, 5) is 16.6. The molecule has 3 nitrogen and oxygen atoms in total. The lowest BCUT2D eigenvalue weighted by Gasteiger charge is -2.24. The minimum Gasteiger partial charge on any atom is -0.299 e. The van der Waals surface area contributed by atoms with Gasteiger partial charge in [0, 0.05) is 12.2 Å². The van der Waals surface area contributed by atoms with E-state index in [0.717, 1.165) is 31.6 Å². The molecule has 2 aliphatic rings. The Morgan fingerprint density at radius 2 is 2.22 bits per heavy atom. The van der Waals surface area contributed by atoms with E-state index in [2.05, 4.69) is 16.9 Å². The third kappa shape index (κ3) is 1.70. The first-order valence-corrected chi connectivity index (χ1v) is 6.38. The van der Waals surface area contributed by atoms with E-state index in [9.17, 15) is 4.79 Å². The number of nitrogens with zero attached hydrogens (tertiary/aromatic N) is 2. The molecule has 1 atom stereocenters. The van der Waals surface area contributed by atoms with Crippen molar-refractivity contribution >= 4 is 11.6 Å². The molecule has 0 aromatic heterocycles. The second-order valence-electron chi connectivity index (χ2n) is 4.89. The van der Waals surface area contributed by atoms with Crippen LogP contribution in [0.25, 0.3) is 0 Å². The minimum absolute atomic E-state index is 0.0192. The molecule has 0 aliphatic carbocycles. The molecule has 2 aliphatic heterocycles. The summed E-state index contributed by atoms with van der Waals surface area (Å²) in [6.45, 7) is 2.22. The monoisotopic (exact) mass is 240 g/mol. The molecule has 0 spiro atoms. The molecular formula is C15H16N2O. The lowest BCUT2D eigenvalue weighted by molar-refractivity contribution is -0.122. The van der Waals surface area contributed by atoms with E-state index in [4.69, 9.17) is 6.42 Å². The number of carbonyl (C=O) groups excluding carboxylic acids is 1. The summed E-state index contributed by atoms with van der Waals surface area (Å²) in [5.41, 5.74) is 2.18. The SMILES string of the molecule is C#CCN1C(=O)C2CCCN2Cc2ccccc21. The first kappa shape index (κ1) is 11.3. The number of anilines is 1. The summed E-state index contributed by atoms with van der Waals surface area (Å²) in [5, 5.41) is 0. The van der Waals surface area contributed by atoms with Gasteiger partial charge in [0.1, 0.15) is 0 Å². The summed E-state index contributed by atoms with van der Waals surface area (Å²) in [6, 6.07) is 8.09. The van der Waals surface area contributed by atoms with Gasteiger partial charge in [0.25, 0.3) is 0 Å². The normalized spacial score (nSPS) is 23.2. The summed E-state index contributed by atoms with van der Waals surface area (Å²) in [5.74, 6) is 2.77. The third-order valence-electron chi connectivity index (χ3n) is 3.82. The van der Waals surface area contributed by atoms with Gasteiger partial charge in [-0.3, -0.25) is 14.6 Å². The van der Waals surface area contributed by atoms with Crippen molar-refractivity contribution in [3.8, 4) is 12.3 Å². The fourth-order valence-electron chi connectivity index (χ4n) is 2.97. The van der Waals surface area contributed by atoms with Crippen molar-refractivity contribution in [3.63, 3.8) is 0 Å². The topological polar surface area (TPSA) is 23.6 Å². The quantitative estimate of drug-likeness (QED) is 0.697. The van der Waals surface area contributed by atoms with E-state index in [1.54, 1.807) is 4.90 Å². The van der Waals surface area contributed by atoms with Crippen molar-refractivity contribution in [1.82, 2.24) is 4.90 Å². The number of para-hydroxylation sites is 1. The lowest BCUT2D eigenvalue weighted by Crippen LogP contribution is -2.43. The molecule has 0 saturated carbocycles. The number of terminal acetylenes is 1. The standard InChI is InChI=1S/C15H16N2O/c1-2-9-17-13-7-4-3-6-12(13)11-16-10-5-8-14(16)15(17)18/h1,3-4,6-7,14H,5,8-11H2. The van der Waals surface area contributed by atoms with Crippen LogP contribution < -0.4 is 4.90 Å². The number of amides is 1. The van der Waals surface area contributed by atoms with E-state index in [1.165, 1.54) is 5.56 Å². The molecule has 1 aromatic carbocycles. The smallest absolute Gasteiger partial charge is 0.245 e. The summed E-state index contributed by atoms with van der Waals surface area (Å²) < 4.78 is 0. The van der Waals surface area contributed by atoms with Crippen molar-refractivity contribution < 1.29 is 4.79 Å². The molecule has 1 fully saturated rings. The average molecular weight is 240 g/mol. The second kappa shape index (κ2) is 4.47. The van der Waals surface area contributed by atoms with Crippen LogP contribution in [0.15, 0.2) is 24.3 Å². The maximum Gasteiger partial charge on any atom is 0.245 e. The molecule has 0 N–H and O–H groups in total. The predicted molar refractivity (Wildman–Crippen MR) is 71.1 cm³/mol. The van der Waals surface area contributed by atoms with Gasteiger partial charge in [-0.25, -0.2) is 0 Å². The van der Waals surface area contributed by atoms with Crippen LogP contribution in [0.5, 0.6) is 0 Å². The van der Waals surface area contributed by atoms with Crippen LogP contribution >= 0.6 is 0 Å². The Kier molecular flexibility index (Phi) is 2.81. The van der Waals surface area contributed by atoms with Crippen LogP contribution in [-0.2, 0) is 11.3 Å². The molecule has 1 saturated heterocycles. The maximum absolute atomic E-state index is 12.6. The Hall–Kier alpha value is -1.79. The zero-order valence-corrected chi connectivity index (χ0v) is 10.3. The Morgan fingerprint density at radius 1 is 1.39 bits per heavy atom. The van der Waals surface area contributed by atoms with Gasteiger partial charge < -0.3 is 0 Å². The Morgan fingerprint density at radius 3 is 3.06 bits per heavy atom. The van der Waals surface area contributed by atoms with Crippen molar-refractivity contribution in [2.45, 2.75) is 25.4 Å². The lowest BCUT2D eigenvalue weighted by atomic mass is 10.1. The first-order chi connectivity index (χ1) is 8.81. The van der Waals surface area contributed by atoms with E-state index in [-0.39, 0.29) is 11.9 Å². The predicted octanol–water partition coefficient (Wildman–Crippen LogP) is 1.63. The fourth-order valence-corrected chi connectivity index (χ4v) is 2.97. The number of hydrogen-bond acceptors (Lipinski definition) is 2. The maximum atomic E-state index is 12.6. The van der Waals surface area contributed by atoms with Crippen molar-refractivity contribution in [2.75, 3.05) is 18.0 Å². The molecule has 1 unspecified atom stereocenters. The first-order valence-electron chi connectivity index (χ1n) is 6.38. The molecule has 0 radical (unpaired) electrons. The van der Waals surface area contributed by atoms with Gasteiger partial charge >= 0.3 is 0 Å². The van der Waals surface area contributed by atoms with Crippen LogP contribution in [0.1, 0.15) is 18.4 Å². The summed E-state index contributed by atoms with van der Waals surface area (Å²) in [6.07, 6.45) is 7.46. The molecule has 2 heterocycles. The molecule has 3 heteroatoms.